The Bertz CT molecular complexity index is 311. The van der Waals surface area contributed by atoms with Crippen LogP contribution in [0.4, 0.5) is 0 Å². The van der Waals surface area contributed by atoms with Gasteiger partial charge in [-0.3, -0.25) is 9.69 Å². The van der Waals surface area contributed by atoms with Crippen molar-refractivity contribution in [2.45, 2.75) is 63.6 Å². The zero-order chi connectivity index (χ0) is 13.3. The Labute approximate surface area is 110 Å². The molecule has 0 radical (unpaired) electrons. The second-order valence-corrected chi connectivity index (χ2v) is 6.37. The van der Waals surface area contributed by atoms with Gasteiger partial charge in [-0.15, -0.1) is 0 Å². The number of aliphatic hydroxyl groups excluding tert-OH is 1. The van der Waals surface area contributed by atoms with Crippen LogP contribution >= 0.6 is 0 Å². The number of hydrogen-bond acceptors (Lipinski definition) is 3. The molecule has 1 saturated carbocycles. The Morgan fingerprint density at radius 3 is 2.50 bits per heavy atom. The van der Waals surface area contributed by atoms with Gasteiger partial charge in [0, 0.05) is 25.2 Å². The Kier molecular flexibility index (Phi) is 3.97. The highest BCUT2D eigenvalue weighted by atomic mass is 16.3. The third kappa shape index (κ3) is 2.41. The molecule has 1 aliphatic carbocycles. The van der Waals surface area contributed by atoms with E-state index in [-0.39, 0.29) is 24.1 Å². The van der Waals surface area contributed by atoms with Gasteiger partial charge in [0.25, 0.3) is 0 Å². The molecule has 4 heteroatoms. The summed E-state index contributed by atoms with van der Waals surface area (Å²) in [6, 6.07) is 0.114. The molecular formula is C14H26N2O2. The highest BCUT2D eigenvalue weighted by molar-refractivity contribution is 5.82. The quantitative estimate of drug-likeness (QED) is 0.806. The van der Waals surface area contributed by atoms with Gasteiger partial charge in [0.1, 0.15) is 6.04 Å². The van der Waals surface area contributed by atoms with Gasteiger partial charge in [0.05, 0.1) is 6.61 Å². The zero-order valence-electron chi connectivity index (χ0n) is 11.9. The monoisotopic (exact) mass is 254 g/mol. The first-order valence-electron chi connectivity index (χ1n) is 7.11. The summed E-state index contributed by atoms with van der Waals surface area (Å²) in [4.78, 5) is 16.4. The van der Waals surface area contributed by atoms with Crippen molar-refractivity contribution in [3.63, 3.8) is 0 Å². The summed E-state index contributed by atoms with van der Waals surface area (Å²) in [5.41, 5.74) is -0.0111. The molecule has 2 rings (SSSR count). The van der Waals surface area contributed by atoms with E-state index in [0.717, 1.165) is 25.8 Å². The van der Waals surface area contributed by atoms with Crippen molar-refractivity contribution in [1.82, 2.24) is 9.80 Å². The number of hydrogen-bond donors (Lipinski definition) is 1. The van der Waals surface area contributed by atoms with Crippen molar-refractivity contribution in [3.05, 3.63) is 0 Å². The van der Waals surface area contributed by atoms with Crippen LogP contribution in [0.1, 0.15) is 46.0 Å². The predicted octanol–water partition coefficient (Wildman–Crippen LogP) is 1.23. The minimum atomic E-state index is -0.351. The Hall–Kier alpha value is -0.610. The standard InChI is InChI=1S/C14H26N2O2/c1-14(2)8-9-15(3)13(18)12(10-17)16(14)11-6-4-5-7-11/h11-12,17H,4-10H2,1-3H3. The van der Waals surface area contributed by atoms with Crippen LogP contribution in [0, 0.1) is 0 Å². The Morgan fingerprint density at radius 1 is 1.33 bits per heavy atom. The molecule has 0 spiro atoms. The molecule has 0 bridgehead atoms. The predicted molar refractivity (Wildman–Crippen MR) is 71.3 cm³/mol. The van der Waals surface area contributed by atoms with Gasteiger partial charge in [0.15, 0.2) is 0 Å². The normalized spacial score (nSPS) is 30.8. The van der Waals surface area contributed by atoms with Crippen molar-refractivity contribution in [1.29, 1.82) is 0 Å². The smallest absolute Gasteiger partial charge is 0.242 e. The molecule has 2 fully saturated rings. The molecule has 1 amide bonds. The number of amides is 1. The van der Waals surface area contributed by atoms with Gasteiger partial charge in [-0.1, -0.05) is 12.8 Å². The average molecular weight is 254 g/mol. The summed E-state index contributed by atoms with van der Waals surface area (Å²) >= 11 is 0. The van der Waals surface area contributed by atoms with Gasteiger partial charge in [-0.25, -0.2) is 0 Å². The maximum absolute atomic E-state index is 12.4. The molecule has 104 valence electrons. The van der Waals surface area contributed by atoms with Crippen LogP contribution in [0.2, 0.25) is 0 Å². The van der Waals surface area contributed by atoms with Crippen molar-refractivity contribution >= 4 is 5.91 Å². The first-order chi connectivity index (χ1) is 8.47. The van der Waals surface area contributed by atoms with Gasteiger partial charge < -0.3 is 10.0 Å². The zero-order valence-corrected chi connectivity index (χ0v) is 11.9. The molecule has 0 aromatic heterocycles. The highest BCUT2D eigenvalue weighted by Gasteiger charge is 2.44. The lowest BCUT2D eigenvalue weighted by atomic mass is 9.93. The first-order valence-corrected chi connectivity index (χ1v) is 7.11. The molecule has 1 N–H and O–H groups in total. The van der Waals surface area contributed by atoms with Gasteiger partial charge in [-0.05, 0) is 33.1 Å². The van der Waals surface area contributed by atoms with E-state index in [9.17, 15) is 9.90 Å². The van der Waals surface area contributed by atoms with E-state index >= 15 is 0 Å². The van der Waals surface area contributed by atoms with E-state index in [4.69, 9.17) is 0 Å². The summed E-state index contributed by atoms with van der Waals surface area (Å²) in [6.07, 6.45) is 5.80. The number of carbonyl (C=O) groups is 1. The molecule has 1 unspecified atom stereocenters. The lowest BCUT2D eigenvalue weighted by molar-refractivity contribution is -0.138. The van der Waals surface area contributed by atoms with E-state index in [2.05, 4.69) is 18.7 Å². The fraction of sp³-hybridized carbons (Fsp3) is 0.929. The van der Waals surface area contributed by atoms with Crippen LogP contribution in [0.3, 0.4) is 0 Å². The third-order valence-corrected chi connectivity index (χ3v) is 4.65. The maximum Gasteiger partial charge on any atom is 0.242 e. The van der Waals surface area contributed by atoms with E-state index in [1.165, 1.54) is 12.8 Å². The summed E-state index contributed by atoms with van der Waals surface area (Å²) in [5, 5.41) is 9.68. The average Bonchev–Trinajstić information content (AvgIpc) is 2.82. The van der Waals surface area contributed by atoms with Gasteiger partial charge in [-0.2, -0.15) is 0 Å². The Morgan fingerprint density at radius 2 is 1.94 bits per heavy atom. The summed E-state index contributed by atoms with van der Waals surface area (Å²) in [6.45, 7) is 5.13. The number of rotatable bonds is 2. The maximum atomic E-state index is 12.4. The second kappa shape index (κ2) is 5.17. The Balaban J connectivity index is 2.30. The van der Waals surface area contributed by atoms with Crippen molar-refractivity contribution in [3.8, 4) is 0 Å². The molecule has 2 aliphatic rings. The SMILES string of the molecule is CN1CCC(C)(C)N(C2CCCC2)C(CO)C1=O. The molecule has 0 aromatic rings. The minimum Gasteiger partial charge on any atom is -0.394 e. The van der Waals surface area contributed by atoms with Crippen LogP contribution < -0.4 is 0 Å². The number of aliphatic hydroxyl groups is 1. The van der Waals surface area contributed by atoms with Gasteiger partial charge >= 0.3 is 0 Å². The van der Waals surface area contributed by atoms with Gasteiger partial charge in [0.2, 0.25) is 5.91 Å². The highest BCUT2D eigenvalue weighted by Crippen LogP contribution is 2.35. The fourth-order valence-electron chi connectivity index (χ4n) is 3.57. The first kappa shape index (κ1) is 13.8. The number of likely N-dealkylation sites (N-methyl/N-ethyl adjacent to an activating group) is 1. The van der Waals surface area contributed by atoms with Crippen LogP contribution in [0.15, 0.2) is 0 Å². The van der Waals surface area contributed by atoms with Crippen molar-refractivity contribution < 1.29 is 9.90 Å². The molecule has 1 aliphatic heterocycles. The topological polar surface area (TPSA) is 43.8 Å². The summed E-state index contributed by atoms with van der Waals surface area (Å²) in [5.74, 6) is 0.0787. The number of nitrogens with zero attached hydrogens (tertiary/aromatic N) is 2. The van der Waals surface area contributed by atoms with Crippen LogP contribution in [-0.2, 0) is 4.79 Å². The molecule has 1 atom stereocenters. The van der Waals surface area contributed by atoms with E-state index in [1.807, 2.05) is 7.05 Å². The largest absolute Gasteiger partial charge is 0.394 e. The summed E-state index contributed by atoms with van der Waals surface area (Å²) in [7, 11) is 1.85. The van der Waals surface area contributed by atoms with Crippen LogP contribution in [0.5, 0.6) is 0 Å². The molecule has 4 nitrogen and oxygen atoms in total. The molecular weight excluding hydrogens is 228 g/mol. The second-order valence-electron chi connectivity index (χ2n) is 6.37. The molecule has 1 saturated heterocycles. The molecule has 18 heavy (non-hydrogen) atoms. The minimum absolute atomic E-state index is 0.0111. The van der Waals surface area contributed by atoms with Crippen LogP contribution in [-0.4, -0.2) is 58.6 Å². The van der Waals surface area contributed by atoms with E-state index in [0.29, 0.717) is 6.04 Å². The molecule has 0 aromatic carbocycles. The fourth-order valence-corrected chi connectivity index (χ4v) is 3.57. The van der Waals surface area contributed by atoms with E-state index < -0.39 is 0 Å². The third-order valence-electron chi connectivity index (χ3n) is 4.65. The van der Waals surface area contributed by atoms with Crippen LogP contribution in [0.25, 0.3) is 0 Å². The molecule has 1 heterocycles. The van der Waals surface area contributed by atoms with Crippen molar-refractivity contribution in [2.24, 2.45) is 0 Å². The summed E-state index contributed by atoms with van der Waals surface area (Å²) < 4.78 is 0. The lowest BCUT2D eigenvalue weighted by Gasteiger charge is -2.44. The van der Waals surface area contributed by atoms with Crippen molar-refractivity contribution in [2.75, 3.05) is 20.2 Å². The number of carbonyl (C=O) groups excluding carboxylic acids is 1. The lowest BCUT2D eigenvalue weighted by Crippen LogP contribution is -2.58. The van der Waals surface area contributed by atoms with E-state index in [1.54, 1.807) is 4.90 Å².